The van der Waals surface area contributed by atoms with E-state index in [1.54, 1.807) is 18.7 Å². The molecule has 4 rings (SSSR count). The van der Waals surface area contributed by atoms with Crippen molar-refractivity contribution < 1.29 is 18.7 Å². The number of likely N-dealkylation sites (tertiary alicyclic amines) is 2. The van der Waals surface area contributed by atoms with E-state index < -0.39 is 5.67 Å². The Bertz CT molecular complexity index is 1030. The van der Waals surface area contributed by atoms with Crippen LogP contribution in [0.2, 0.25) is 0 Å². The van der Waals surface area contributed by atoms with Crippen LogP contribution in [-0.4, -0.2) is 66.6 Å². The molecular weight excluding hydrogens is 457 g/mol. The minimum atomic E-state index is -1.15. The quantitative estimate of drug-likeness (QED) is 0.584. The first-order valence-corrected chi connectivity index (χ1v) is 13.0. The Labute approximate surface area is 213 Å². The van der Waals surface area contributed by atoms with Crippen molar-refractivity contribution in [3.63, 3.8) is 0 Å². The number of alkyl halides is 1. The van der Waals surface area contributed by atoms with Crippen molar-refractivity contribution in [1.82, 2.24) is 9.80 Å². The largest absolute Gasteiger partial charge is 0.493 e. The van der Waals surface area contributed by atoms with Gasteiger partial charge in [-0.1, -0.05) is 24.3 Å². The van der Waals surface area contributed by atoms with Gasteiger partial charge in [0.15, 0.2) is 0 Å². The number of piperidine rings is 2. The van der Waals surface area contributed by atoms with Crippen LogP contribution in [0, 0.1) is 11.8 Å². The fourth-order valence-corrected chi connectivity index (χ4v) is 5.18. The van der Waals surface area contributed by atoms with Crippen LogP contribution in [0.5, 0.6) is 5.75 Å². The molecule has 6 nitrogen and oxygen atoms in total. The van der Waals surface area contributed by atoms with Gasteiger partial charge in [0.25, 0.3) is 5.91 Å². The predicted molar refractivity (Wildman–Crippen MR) is 140 cm³/mol. The minimum Gasteiger partial charge on any atom is -0.493 e. The molecule has 2 aromatic rings. The number of hydrogen-bond donors (Lipinski definition) is 1. The lowest BCUT2D eigenvalue weighted by Gasteiger charge is -2.34. The van der Waals surface area contributed by atoms with Crippen LogP contribution in [0.3, 0.4) is 0 Å². The zero-order chi connectivity index (χ0) is 25.7. The molecule has 2 aliphatic rings. The molecule has 194 valence electrons. The first-order chi connectivity index (χ1) is 17.2. The molecule has 2 aliphatic heterocycles. The highest BCUT2D eigenvalue weighted by Gasteiger charge is 2.28. The van der Waals surface area contributed by atoms with Crippen molar-refractivity contribution >= 4 is 11.8 Å². The fourth-order valence-electron chi connectivity index (χ4n) is 5.18. The first-order valence-electron chi connectivity index (χ1n) is 13.0. The SMILES string of the molecule is CC(C)(F)CN1CCC(COc2ccc(-c3ccc(C(=O)N4CCCC(C(N)=O)C4)cc3)cc2)CC1. The van der Waals surface area contributed by atoms with Crippen LogP contribution in [0.15, 0.2) is 48.5 Å². The average molecular weight is 496 g/mol. The van der Waals surface area contributed by atoms with Crippen LogP contribution in [-0.2, 0) is 4.79 Å². The third-order valence-electron chi connectivity index (χ3n) is 7.22. The summed E-state index contributed by atoms with van der Waals surface area (Å²) in [6.45, 7) is 7.33. The van der Waals surface area contributed by atoms with Crippen molar-refractivity contribution in [3.8, 4) is 16.9 Å². The molecule has 2 aromatic carbocycles. The monoisotopic (exact) mass is 495 g/mol. The third kappa shape index (κ3) is 7.06. The molecule has 2 heterocycles. The van der Waals surface area contributed by atoms with Gasteiger partial charge < -0.3 is 20.3 Å². The summed E-state index contributed by atoms with van der Waals surface area (Å²) in [6, 6.07) is 15.6. The molecular formula is C29H38FN3O3. The number of hydrogen-bond acceptors (Lipinski definition) is 4. The van der Waals surface area contributed by atoms with E-state index in [9.17, 15) is 14.0 Å². The molecule has 2 saturated heterocycles. The summed E-state index contributed by atoms with van der Waals surface area (Å²) in [5.74, 6) is 0.678. The number of benzene rings is 2. The Morgan fingerprint density at radius 3 is 2.17 bits per heavy atom. The minimum absolute atomic E-state index is 0.0597. The number of halogens is 1. The van der Waals surface area contributed by atoms with E-state index in [2.05, 4.69) is 4.90 Å². The molecule has 0 saturated carbocycles. The topological polar surface area (TPSA) is 75.9 Å². The number of nitrogens with two attached hydrogens (primary N) is 1. The molecule has 0 spiro atoms. The summed E-state index contributed by atoms with van der Waals surface area (Å²) < 4.78 is 19.9. The lowest BCUT2D eigenvalue weighted by molar-refractivity contribution is -0.123. The van der Waals surface area contributed by atoms with Gasteiger partial charge in [-0.3, -0.25) is 9.59 Å². The fraction of sp³-hybridized carbons (Fsp3) is 0.517. The van der Waals surface area contributed by atoms with E-state index in [4.69, 9.17) is 10.5 Å². The highest BCUT2D eigenvalue weighted by molar-refractivity contribution is 5.95. The Kier molecular flexibility index (Phi) is 8.29. The predicted octanol–water partition coefficient (Wildman–Crippen LogP) is 4.53. The number of primary amides is 1. The Balaban J connectivity index is 1.27. The molecule has 1 unspecified atom stereocenters. The maximum Gasteiger partial charge on any atom is 0.253 e. The first kappa shape index (κ1) is 26.1. The van der Waals surface area contributed by atoms with Gasteiger partial charge in [-0.05, 0) is 93.9 Å². The molecule has 7 heteroatoms. The van der Waals surface area contributed by atoms with Crippen molar-refractivity contribution in [2.45, 2.75) is 45.2 Å². The molecule has 1 atom stereocenters. The highest BCUT2D eigenvalue weighted by Crippen LogP contribution is 2.26. The molecule has 0 aromatic heterocycles. The standard InChI is InChI=1S/C29H38FN3O3/c1-29(2,30)20-32-16-13-21(14-17-32)19-36-26-11-9-23(10-12-26)22-5-7-24(8-6-22)28(35)33-15-3-4-25(18-33)27(31)34/h5-12,21,25H,3-4,13-20H2,1-2H3,(H2,31,34). The Morgan fingerprint density at radius 1 is 0.972 bits per heavy atom. The van der Waals surface area contributed by atoms with Crippen LogP contribution < -0.4 is 10.5 Å². The highest BCUT2D eigenvalue weighted by atomic mass is 19.1. The van der Waals surface area contributed by atoms with Crippen LogP contribution in [0.4, 0.5) is 4.39 Å². The summed E-state index contributed by atoms with van der Waals surface area (Å²) in [5, 5.41) is 0. The van der Waals surface area contributed by atoms with Crippen molar-refractivity contribution in [2.75, 3.05) is 39.3 Å². The van der Waals surface area contributed by atoms with Crippen molar-refractivity contribution in [1.29, 1.82) is 0 Å². The summed E-state index contributed by atoms with van der Waals surface area (Å²) >= 11 is 0. The molecule has 0 radical (unpaired) electrons. The van der Waals surface area contributed by atoms with Gasteiger partial charge in [-0.2, -0.15) is 0 Å². The number of carbonyl (C=O) groups is 2. The van der Waals surface area contributed by atoms with Gasteiger partial charge in [0.1, 0.15) is 11.4 Å². The number of carbonyl (C=O) groups excluding carboxylic acids is 2. The molecule has 0 bridgehead atoms. The number of nitrogens with zero attached hydrogens (tertiary/aromatic N) is 2. The Hall–Kier alpha value is -2.93. The van der Waals surface area contributed by atoms with Gasteiger partial charge >= 0.3 is 0 Å². The summed E-state index contributed by atoms with van der Waals surface area (Å²) in [4.78, 5) is 28.3. The summed E-state index contributed by atoms with van der Waals surface area (Å²) in [5.41, 5.74) is 6.99. The average Bonchev–Trinajstić information content (AvgIpc) is 2.87. The Morgan fingerprint density at radius 2 is 1.58 bits per heavy atom. The zero-order valence-electron chi connectivity index (χ0n) is 21.4. The number of amides is 2. The van der Waals surface area contributed by atoms with E-state index in [-0.39, 0.29) is 17.7 Å². The van der Waals surface area contributed by atoms with Crippen LogP contribution >= 0.6 is 0 Å². The molecule has 0 aliphatic carbocycles. The third-order valence-corrected chi connectivity index (χ3v) is 7.22. The zero-order valence-corrected chi connectivity index (χ0v) is 21.4. The summed E-state index contributed by atoms with van der Waals surface area (Å²) in [7, 11) is 0. The van der Waals surface area contributed by atoms with E-state index in [1.165, 1.54) is 0 Å². The van der Waals surface area contributed by atoms with Crippen LogP contribution in [0.25, 0.3) is 11.1 Å². The molecule has 2 N–H and O–H groups in total. The van der Waals surface area contributed by atoms with Gasteiger partial charge in [-0.25, -0.2) is 4.39 Å². The smallest absolute Gasteiger partial charge is 0.253 e. The van der Waals surface area contributed by atoms with Crippen molar-refractivity contribution in [3.05, 3.63) is 54.1 Å². The second kappa shape index (κ2) is 11.4. The van der Waals surface area contributed by atoms with Gasteiger partial charge in [0.05, 0.1) is 12.5 Å². The van der Waals surface area contributed by atoms with E-state index in [1.807, 2.05) is 48.5 Å². The second-order valence-electron chi connectivity index (χ2n) is 10.8. The lowest BCUT2D eigenvalue weighted by atomic mass is 9.96. The van der Waals surface area contributed by atoms with Gasteiger partial charge in [0, 0.05) is 25.2 Å². The maximum absolute atomic E-state index is 13.9. The van der Waals surface area contributed by atoms with Gasteiger partial charge in [0.2, 0.25) is 5.91 Å². The lowest BCUT2D eigenvalue weighted by Crippen LogP contribution is -2.44. The van der Waals surface area contributed by atoms with E-state index in [0.29, 0.717) is 37.7 Å². The van der Waals surface area contributed by atoms with Crippen molar-refractivity contribution in [2.24, 2.45) is 17.6 Å². The molecule has 2 fully saturated rings. The summed E-state index contributed by atoms with van der Waals surface area (Å²) in [6.07, 6.45) is 3.60. The number of ether oxygens (including phenoxy) is 1. The normalized spacial score (nSPS) is 19.8. The second-order valence-corrected chi connectivity index (χ2v) is 10.8. The van der Waals surface area contributed by atoms with E-state index in [0.717, 1.165) is 55.6 Å². The maximum atomic E-state index is 13.9. The van der Waals surface area contributed by atoms with Crippen LogP contribution in [0.1, 0.15) is 49.9 Å². The number of rotatable bonds is 8. The van der Waals surface area contributed by atoms with E-state index >= 15 is 0 Å². The molecule has 36 heavy (non-hydrogen) atoms. The van der Waals surface area contributed by atoms with Gasteiger partial charge in [-0.15, -0.1) is 0 Å². The molecule has 2 amide bonds.